The molecular weight excluding hydrogens is 453 g/mol. The summed E-state index contributed by atoms with van der Waals surface area (Å²) in [6.07, 6.45) is -5.65. The molecule has 178 valence electrons. The summed E-state index contributed by atoms with van der Waals surface area (Å²) < 4.78 is 88.2. The van der Waals surface area contributed by atoms with Gasteiger partial charge in [0, 0.05) is 29.3 Å². The van der Waals surface area contributed by atoms with Crippen LogP contribution in [0.3, 0.4) is 0 Å². The van der Waals surface area contributed by atoms with Crippen molar-refractivity contribution in [2.45, 2.75) is 37.6 Å². The summed E-state index contributed by atoms with van der Waals surface area (Å²) in [6, 6.07) is 2.25. The molecule has 2 aromatic rings. The molecule has 0 spiro atoms. The van der Waals surface area contributed by atoms with E-state index in [9.17, 15) is 31.5 Å². The van der Waals surface area contributed by atoms with E-state index in [2.05, 4.69) is 10.3 Å². The summed E-state index contributed by atoms with van der Waals surface area (Å²) >= 11 is 0. The van der Waals surface area contributed by atoms with Gasteiger partial charge in [-0.25, -0.2) is 4.39 Å². The second kappa shape index (κ2) is 8.58. The monoisotopic (exact) mass is 474 g/mol. The molecule has 0 bridgehead atoms. The van der Waals surface area contributed by atoms with Gasteiger partial charge in [0.1, 0.15) is 11.8 Å². The Morgan fingerprint density at radius 3 is 2.58 bits per heavy atom. The molecular formula is C21H20F5N3O4. The molecule has 1 aromatic heterocycles. The molecule has 3 rings (SSSR count). The molecule has 1 aliphatic heterocycles. The summed E-state index contributed by atoms with van der Waals surface area (Å²) in [4.78, 5) is 28.1. The number of anilines is 1. The minimum absolute atomic E-state index is 0.0113. The van der Waals surface area contributed by atoms with E-state index in [1.54, 1.807) is 0 Å². The number of halogens is 5. The number of carbonyl (C=O) groups excluding carboxylic acids is 2. The smallest absolute Gasteiger partial charge is 0.417 e. The maximum atomic E-state index is 14.5. The number of aromatic nitrogens is 1. The molecule has 2 amide bonds. The molecule has 12 heteroatoms. The number of pyridine rings is 1. The van der Waals surface area contributed by atoms with Crippen molar-refractivity contribution in [2.75, 3.05) is 12.4 Å². The molecule has 0 unspecified atom stereocenters. The van der Waals surface area contributed by atoms with E-state index in [4.69, 9.17) is 16.6 Å². The molecule has 2 heterocycles. The zero-order valence-corrected chi connectivity index (χ0v) is 17.6. The number of hydrogen-bond donors (Lipinski definition) is 2. The van der Waals surface area contributed by atoms with E-state index < -0.39 is 65.0 Å². The van der Waals surface area contributed by atoms with Gasteiger partial charge >= 0.3 is 6.18 Å². The Morgan fingerprint density at radius 2 is 2.00 bits per heavy atom. The van der Waals surface area contributed by atoms with Crippen molar-refractivity contribution in [2.24, 2.45) is 11.7 Å². The van der Waals surface area contributed by atoms with E-state index >= 15 is 0 Å². The molecule has 1 aromatic carbocycles. The molecule has 1 saturated heterocycles. The maximum Gasteiger partial charge on any atom is 0.417 e. The third kappa shape index (κ3) is 4.22. The Labute approximate surface area is 186 Å². The Balaban J connectivity index is 2.12. The van der Waals surface area contributed by atoms with Crippen molar-refractivity contribution in [3.05, 3.63) is 53.3 Å². The van der Waals surface area contributed by atoms with Crippen LogP contribution in [0, 0.1) is 17.6 Å². The van der Waals surface area contributed by atoms with E-state index in [-0.39, 0.29) is 16.9 Å². The van der Waals surface area contributed by atoms with Gasteiger partial charge in [-0.15, -0.1) is 0 Å². The van der Waals surface area contributed by atoms with Gasteiger partial charge in [0.15, 0.2) is 17.2 Å². The first-order valence-electron chi connectivity index (χ1n) is 10.1. The Bertz CT molecular complexity index is 1150. The molecule has 1 aliphatic rings. The predicted octanol–water partition coefficient (Wildman–Crippen LogP) is 3.55. The minimum Gasteiger partial charge on any atom is -0.493 e. The van der Waals surface area contributed by atoms with Crippen molar-refractivity contribution in [3.8, 4) is 5.75 Å². The van der Waals surface area contributed by atoms with Crippen molar-refractivity contribution in [1.29, 1.82) is 0 Å². The van der Waals surface area contributed by atoms with Crippen LogP contribution in [-0.4, -0.2) is 41.8 Å². The number of alkyl halides is 3. The number of rotatable bonds is 5. The SMILES string of the molecule is [2H]c1cc([C@@H]2[C@@H](C)[C@](C)(C(F)(F)F)O[C@H]2C(=O)Nc2ccnc(C(N)=O)c2)c(OC)c(F)c1F. The lowest BCUT2D eigenvalue weighted by Crippen LogP contribution is -2.47. The number of ether oxygens (including phenoxy) is 2. The van der Waals surface area contributed by atoms with Gasteiger partial charge in [0.05, 0.1) is 8.48 Å². The highest BCUT2D eigenvalue weighted by atomic mass is 19.4. The first-order chi connectivity index (χ1) is 15.7. The van der Waals surface area contributed by atoms with Gasteiger partial charge in [-0.3, -0.25) is 14.6 Å². The fourth-order valence-corrected chi connectivity index (χ4v) is 3.83. The van der Waals surface area contributed by atoms with Gasteiger partial charge in [0.25, 0.3) is 11.8 Å². The summed E-state index contributed by atoms with van der Waals surface area (Å²) in [6.45, 7) is 1.89. The largest absolute Gasteiger partial charge is 0.493 e. The molecule has 33 heavy (non-hydrogen) atoms. The molecule has 4 atom stereocenters. The van der Waals surface area contributed by atoms with Gasteiger partial charge in [-0.05, 0) is 25.1 Å². The highest BCUT2D eigenvalue weighted by molar-refractivity contribution is 5.97. The van der Waals surface area contributed by atoms with Gasteiger partial charge in [-0.1, -0.05) is 13.0 Å². The van der Waals surface area contributed by atoms with Crippen LogP contribution in [0.5, 0.6) is 5.75 Å². The van der Waals surface area contributed by atoms with E-state index in [1.165, 1.54) is 6.07 Å². The number of benzene rings is 1. The average Bonchev–Trinajstić information content (AvgIpc) is 3.04. The van der Waals surface area contributed by atoms with Gasteiger partial charge in [0.2, 0.25) is 5.82 Å². The predicted molar refractivity (Wildman–Crippen MR) is 106 cm³/mol. The fourth-order valence-electron chi connectivity index (χ4n) is 3.83. The Hall–Kier alpha value is -3.28. The summed E-state index contributed by atoms with van der Waals surface area (Å²) in [5, 5.41) is 2.33. The van der Waals surface area contributed by atoms with Crippen LogP contribution in [0.2, 0.25) is 0 Å². The lowest BCUT2D eigenvalue weighted by atomic mass is 9.77. The van der Waals surface area contributed by atoms with Crippen LogP contribution in [-0.2, 0) is 9.53 Å². The number of nitrogens with two attached hydrogens (primary N) is 1. The van der Waals surface area contributed by atoms with Crippen LogP contribution in [0.25, 0.3) is 0 Å². The first kappa shape index (κ1) is 22.9. The second-order valence-electron chi connectivity index (χ2n) is 7.65. The van der Waals surface area contributed by atoms with Crippen LogP contribution >= 0.6 is 0 Å². The molecule has 0 radical (unpaired) electrons. The highest BCUT2D eigenvalue weighted by Gasteiger charge is 2.65. The molecule has 3 N–H and O–H groups in total. The highest BCUT2D eigenvalue weighted by Crippen LogP contribution is 2.55. The number of amides is 2. The van der Waals surface area contributed by atoms with Crippen molar-refractivity contribution in [3.63, 3.8) is 0 Å². The third-order valence-corrected chi connectivity index (χ3v) is 5.78. The molecule has 0 aliphatic carbocycles. The standard InChI is InChI=1S/C21H20F5N3O4/c1-9-14(11-4-5-12(22)15(23)16(11)32-3)17(33-20(9,2)21(24,25)26)19(31)29-10-6-7-28-13(8-10)18(27)30/h4-9,14,17H,1-3H3,(H2,27,30)(H,28,29,31)/t9-,14+,17-,20-/m1/s1/i5D. The van der Waals surface area contributed by atoms with Gasteiger partial charge in [-0.2, -0.15) is 17.6 Å². The van der Waals surface area contributed by atoms with Crippen LogP contribution < -0.4 is 15.8 Å². The average molecular weight is 474 g/mol. The first-order valence-corrected chi connectivity index (χ1v) is 9.56. The van der Waals surface area contributed by atoms with Crippen molar-refractivity contribution >= 4 is 17.5 Å². The fraction of sp³-hybridized carbons (Fsp3) is 0.381. The molecule has 1 fully saturated rings. The van der Waals surface area contributed by atoms with Crippen LogP contribution in [0.4, 0.5) is 27.6 Å². The Kier molecular flexibility index (Phi) is 5.95. The molecule has 7 nitrogen and oxygen atoms in total. The Morgan fingerprint density at radius 1 is 1.33 bits per heavy atom. The maximum absolute atomic E-state index is 14.5. The summed E-state index contributed by atoms with van der Waals surface area (Å²) in [5.74, 6) is -8.81. The number of primary amides is 1. The van der Waals surface area contributed by atoms with E-state index in [0.29, 0.717) is 0 Å². The van der Waals surface area contributed by atoms with Crippen molar-refractivity contribution in [1.82, 2.24) is 4.98 Å². The number of carbonyl (C=O) groups is 2. The minimum atomic E-state index is -4.94. The number of hydrogen-bond acceptors (Lipinski definition) is 5. The van der Waals surface area contributed by atoms with E-state index in [0.717, 1.165) is 39.3 Å². The lowest BCUT2D eigenvalue weighted by Gasteiger charge is -2.32. The normalized spacial score (nSPS) is 25.5. The number of methoxy groups -OCH3 is 1. The van der Waals surface area contributed by atoms with Crippen molar-refractivity contribution < 1.29 is 42.4 Å². The quantitative estimate of drug-likeness (QED) is 0.646. The summed E-state index contributed by atoms with van der Waals surface area (Å²) in [5.41, 5.74) is 1.74. The zero-order valence-electron chi connectivity index (χ0n) is 18.6. The third-order valence-electron chi connectivity index (χ3n) is 5.78. The topological polar surface area (TPSA) is 104 Å². The van der Waals surface area contributed by atoms with Crippen LogP contribution in [0.1, 0.15) is 37.2 Å². The van der Waals surface area contributed by atoms with Crippen LogP contribution in [0.15, 0.2) is 30.4 Å². The number of nitrogens with one attached hydrogen (secondary N) is 1. The lowest BCUT2D eigenvalue weighted by molar-refractivity contribution is -0.272. The zero-order chi connectivity index (χ0) is 25.6. The van der Waals surface area contributed by atoms with Gasteiger partial charge < -0.3 is 20.5 Å². The van der Waals surface area contributed by atoms with E-state index in [1.807, 2.05) is 0 Å². The second-order valence-corrected chi connectivity index (χ2v) is 7.65. The molecule has 0 saturated carbocycles. The number of nitrogens with zero attached hydrogens (tertiary/aromatic N) is 1. The summed E-state index contributed by atoms with van der Waals surface area (Å²) in [7, 11) is 0.978.